The van der Waals surface area contributed by atoms with Crippen LogP contribution in [0, 0.1) is 5.82 Å². The van der Waals surface area contributed by atoms with Gasteiger partial charge < -0.3 is 9.80 Å². The molecule has 2 aliphatic heterocycles. The van der Waals surface area contributed by atoms with Crippen LogP contribution in [0.15, 0.2) is 71.9 Å². The van der Waals surface area contributed by atoms with Crippen molar-refractivity contribution in [2.24, 2.45) is 0 Å². The van der Waals surface area contributed by atoms with Crippen LogP contribution in [-0.4, -0.2) is 65.7 Å². The Labute approximate surface area is 197 Å². The van der Waals surface area contributed by atoms with E-state index < -0.39 is 26.8 Å². The summed E-state index contributed by atoms with van der Waals surface area (Å²) in [5.41, 5.74) is 1.75. The lowest BCUT2D eigenvalue weighted by molar-refractivity contribution is -0.136. The minimum atomic E-state index is -4.24. The van der Waals surface area contributed by atoms with Crippen LogP contribution in [0.5, 0.6) is 0 Å². The van der Waals surface area contributed by atoms with Gasteiger partial charge in [0.15, 0.2) is 0 Å². The van der Waals surface area contributed by atoms with Gasteiger partial charge >= 0.3 is 0 Å². The summed E-state index contributed by atoms with van der Waals surface area (Å²) in [5, 5.41) is 0. The average Bonchev–Trinajstić information content (AvgIpc) is 2.88. The number of rotatable bonds is 4. The Balaban J connectivity index is 1.42. The highest BCUT2D eigenvalue weighted by atomic mass is 32.2. The largest absolute Gasteiger partial charge is 0.338 e. The fourth-order valence-corrected chi connectivity index (χ4v) is 6.16. The van der Waals surface area contributed by atoms with Crippen molar-refractivity contribution in [3.05, 3.63) is 83.9 Å². The molecule has 5 rings (SSSR count). The smallest absolute Gasteiger partial charge is 0.247 e. The molecule has 3 aromatic rings. The van der Waals surface area contributed by atoms with Crippen LogP contribution in [0.25, 0.3) is 0 Å². The van der Waals surface area contributed by atoms with E-state index in [4.69, 9.17) is 0 Å². The third-order valence-corrected chi connectivity index (χ3v) is 8.23. The van der Waals surface area contributed by atoms with E-state index in [0.717, 1.165) is 21.5 Å². The fourth-order valence-electron chi connectivity index (χ4n) is 4.53. The first kappa shape index (κ1) is 22.4. The predicted octanol–water partition coefficient (Wildman–Crippen LogP) is 2.08. The van der Waals surface area contributed by atoms with Crippen molar-refractivity contribution in [2.45, 2.75) is 23.9 Å². The second-order valence-electron chi connectivity index (χ2n) is 8.33. The van der Waals surface area contributed by atoms with E-state index >= 15 is 0 Å². The van der Waals surface area contributed by atoms with Crippen LogP contribution in [0.3, 0.4) is 0 Å². The van der Waals surface area contributed by atoms with Gasteiger partial charge in [-0.2, -0.15) is 4.31 Å². The lowest BCUT2D eigenvalue weighted by Gasteiger charge is -2.40. The summed E-state index contributed by atoms with van der Waals surface area (Å²) in [4.78, 5) is 25.4. The number of hydrogen-bond donors (Lipinski definition) is 0. The van der Waals surface area contributed by atoms with E-state index in [2.05, 4.69) is 9.97 Å². The lowest BCUT2D eigenvalue weighted by atomic mass is 9.95. The van der Waals surface area contributed by atoms with Gasteiger partial charge in [-0.25, -0.2) is 22.8 Å². The number of aromatic nitrogens is 2. The molecule has 176 valence electrons. The van der Waals surface area contributed by atoms with Crippen LogP contribution in [0.2, 0.25) is 0 Å². The maximum atomic E-state index is 14.5. The summed E-state index contributed by atoms with van der Waals surface area (Å²) in [5.74, 6) is -0.503. The highest BCUT2D eigenvalue weighted by Gasteiger charge is 2.42. The monoisotopic (exact) mass is 481 g/mol. The van der Waals surface area contributed by atoms with E-state index in [-0.39, 0.29) is 18.9 Å². The Bertz CT molecular complexity index is 1300. The summed E-state index contributed by atoms with van der Waals surface area (Å²) < 4.78 is 42.7. The number of piperazine rings is 1. The number of benzene rings is 2. The molecule has 0 spiro atoms. The number of carbonyl (C=O) groups is 1. The zero-order valence-electron chi connectivity index (χ0n) is 18.4. The van der Waals surface area contributed by atoms with Gasteiger partial charge in [-0.1, -0.05) is 36.4 Å². The van der Waals surface area contributed by atoms with Crippen molar-refractivity contribution in [2.75, 3.05) is 31.1 Å². The molecule has 1 aromatic heterocycles. The molecule has 3 heterocycles. The standard InChI is InChI=1S/C24H24FN5O3S/c25-20-8-3-4-9-22(20)34(32,33)30-17-19-7-2-1-6-18(19)16-21(30)23(31)28-12-14-29(15-13-28)24-26-10-5-11-27-24/h1-11,21H,12-17H2/t21-/m0/s1. The number of nitrogens with zero attached hydrogens (tertiary/aromatic N) is 5. The predicted molar refractivity (Wildman–Crippen MR) is 124 cm³/mol. The van der Waals surface area contributed by atoms with Gasteiger partial charge in [-0.05, 0) is 35.7 Å². The second-order valence-corrected chi connectivity index (χ2v) is 10.2. The molecule has 1 amide bonds. The van der Waals surface area contributed by atoms with E-state index in [1.807, 2.05) is 29.2 Å². The highest BCUT2D eigenvalue weighted by molar-refractivity contribution is 7.89. The molecule has 0 N–H and O–H groups in total. The van der Waals surface area contributed by atoms with E-state index in [1.54, 1.807) is 23.4 Å². The number of hydrogen-bond acceptors (Lipinski definition) is 6. The van der Waals surface area contributed by atoms with Gasteiger partial charge in [0.2, 0.25) is 21.9 Å². The molecule has 8 nitrogen and oxygen atoms in total. The van der Waals surface area contributed by atoms with Crippen molar-refractivity contribution < 1.29 is 17.6 Å². The van der Waals surface area contributed by atoms with Crippen molar-refractivity contribution in [3.63, 3.8) is 0 Å². The summed E-state index contributed by atoms with van der Waals surface area (Å²) in [6, 6.07) is 13.5. The van der Waals surface area contributed by atoms with Crippen LogP contribution in [0.1, 0.15) is 11.1 Å². The number of fused-ring (bicyclic) bond motifs is 1. The Morgan fingerprint density at radius 3 is 2.24 bits per heavy atom. The molecule has 0 aliphatic carbocycles. The zero-order chi connectivity index (χ0) is 23.7. The Morgan fingerprint density at radius 1 is 0.882 bits per heavy atom. The van der Waals surface area contributed by atoms with Crippen molar-refractivity contribution in [1.82, 2.24) is 19.2 Å². The highest BCUT2D eigenvalue weighted by Crippen LogP contribution is 2.31. The first-order valence-corrected chi connectivity index (χ1v) is 12.5. The zero-order valence-corrected chi connectivity index (χ0v) is 19.2. The SMILES string of the molecule is O=C([C@@H]1Cc2ccccc2CN1S(=O)(=O)c1ccccc1F)N1CCN(c2ncccn2)CC1. The molecule has 0 bridgehead atoms. The van der Waals surface area contributed by atoms with E-state index in [9.17, 15) is 17.6 Å². The number of carbonyl (C=O) groups excluding carboxylic acids is 1. The van der Waals surface area contributed by atoms with Crippen LogP contribution < -0.4 is 4.90 Å². The Morgan fingerprint density at radius 2 is 1.53 bits per heavy atom. The summed E-state index contributed by atoms with van der Waals surface area (Å²) in [6.07, 6.45) is 3.58. The normalized spacial score (nSPS) is 19.0. The minimum absolute atomic E-state index is 0.0149. The minimum Gasteiger partial charge on any atom is -0.338 e. The van der Waals surface area contributed by atoms with Crippen molar-refractivity contribution >= 4 is 21.9 Å². The van der Waals surface area contributed by atoms with Gasteiger partial charge in [-0.15, -0.1) is 0 Å². The van der Waals surface area contributed by atoms with Gasteiger partial charge in [-0.3, -0.25) is 4.79 Å². The molecular formula is C24H24FN5O3S. The Kier molecular flexibility index (Phi) is 6.01. The summed E-state index contributed by atoms with van der Waals surface area (Å²) in [7, 11) is -4.24. The molecule has 0 unspecified atom stereocenters. The number of amides is 1. The number of anilines is 1. The molecule has 0 saturated carbocycles. The first-order chi connectivity index (χ1) is 16.4. The van der Waals surface area contributed by atoms with Crippen molar-refractivity contribution in [1.29, 1.82) is 0 Å². The topological polar surface area (TPSA) is 86.7 Å². The average molecular weight is 482 g/mol. The first-order valence-electron chi connectivity index (χ1n) is 11.1. The van der Waals surface area contributed by atoms with Gasteiger partial charge in [0.05, 0.1) is 0 Å². The number of halogens is 1. The molecule has 1 saturated heterocycles. The summed E-state index contributed by atoms with van der Waals surface area (Å²) in [6.45, 7) is 1.94. The molecule has 1 fully saturated rings. The maximum absolute atomic E-state index is 14.5. The molecule has 10 heteroatoms. The van der Waals surface area contributed by atoms with E-state index in [0.29, 0.717) is 32.1 Å². The molecule has 34 heavy (non-hydrogen) atoms. The van der Waals surface area contributed by atoms with Crippen LogP contribution >= 0.6 is 0 Å². The number of sulfonamides is 1. The Hall–Kier alpha value is -3.37. The second kappa shape index (κ2) is 9.11. The molecule has 1 atom stereocenters. The van der Waals surface area contributed by atoms with Gasteiger partial charge in [0.25, 0.3) is 0 Å². The quantitative estimate of drug-likeness (QED) is 0.567. The third-order valence-electron chi connectivity index (χ3n) is 6.34. The molecule has 2 aliphatic rings. The van der Waals surface area contributed by atoms with Crippen LogP contribution in [-0.2, 0) is 27.8 Å². The summed E-state index contributed by atoms with van der Waals surface area (Å²) >= 11 is 0. The maximum Gasteiger partial charge on any atom is 0.247 e. The molecule has 2 aromatic carbocycles. The third kappa shape index (κ3) is 4.14. The van der Waals surface area contributed by atoms with Gasteiger partial charge in [0, 0.05) is 45.1 Å². The van der Waals surface area contributed by atoms with E-state index in [1.165, 1.54) is 18.2 Å². The molecule has 0 radical (unpaired) electrons. The van der Waals surface area contributed by atoms with Crippen molar-refractivity contribution in [3.8, 4) is 0 Å². The lowest BCUT2D eigenvalue weighted by Crippen LogP contribution is -2.57. The molecular weight excluding hydrogens is 457 g/mol. The fraction of sp³-hybridized carbons (Fsp3) is 0.292. The van der Waals surface area contributed by atoms with Gasteiger partial charge in [0.1, 0.15) is 16.8 Å². The van der Waals surface area contributed by atoms with Crippen LogP contribution in [0.4, 0.5) is 10.3 Å².